The number of anilines is 1. The number of aromatic amines is 1. The Morgan fingerprint density at radius 2 is 1.96 bits per heavy atom. The zero-order valence-corrected chi connectivity index (χ0v) is 15.1. The number of fused-ring (bicyclic) bond motifs is 1. The van der Waals surface area contributed by atoms with Gasteiger partial charge in [-0.15, -0.1) is 0 Å². The first-order valence-electron chi connectivity index (χ1n) is 9.41. The molecule has 1 fully saturated rings. The van der Waals surface area contributed by atoms with Crippen LogP contribution in [0.15, 0.2) is 48.5 Å². The summed E-state index contributed by atoms with van der Waals surface area (Å²) in [4.78, 5) is 18.7. The highest BCUT2D eigenvalue weighted by Crippen LogP contribution is 2.24. The van der Waals surface area contributed by atoms with Gasteiger partial charge in [-0.2, -0.15) is 0 Å². The van der Waals surface area contributed by atoms with E-state index in [-0.39, 0.29) is 0 Å². The van der Waals surface area contributed by atoms with Crippen LogP contribution in [0.2, 0.25) is 0 Å². The van der Waals surface area contributed by atoms with Crippen molar-refractivity contribution in [3.8, 4) is 0 Å². The van der Waals surface area contributed by atoms with Crippen molar-refractivity contribution in [2.24, 2.45) is 0 Å². The van der Waals surface area contributed by atoms with E-state index in [0.29, 0.717) is 12.5 Å². The molecule has 0 atom stereocenters. The number of aliphatic carboxylic acids is 1. The van der Waals surface area contributed by atoms with E-state index in [1.165, 1.54) is 25.7 Å². The molecule has 0 radical (unpaired) electrons. The monoisotopic (exact) mass is 361 g/mol. The smallest absolute Gasteiger partial charge is 0.328 e. The standard InChI is InChI=1S/C22H23N3O2/c26-22(27)12-9-15-5-7-16(8-6-15)13-21-24-19-11-10-18(14-20(19)25-21)23-17-3-1-2-4-17/h5-12,14,17,23H,1-4,13H2,(H,24,25)(H,26,27). The third-order valence-corrected chi connectivity index (χ3v) is 5.03. The van der Waals surface area contributed by atoms with Gasteiger partial charge in [-0.1, -0.05) is 37.1 Å². The van der Waals surface area contributed by atoms with Crippen LogP contribution >= 0.6 is 0 Å². The average molecular weight is 361 g/mol. The SMILES string of the molecule is O=C(O)C=Cc1ccc(Cc2nc3ccc(NC4CCCC4)cc3[nH]2)cc1. The topological polar surface area (TPSA) is 78.0 Å². The predicted molar refractivity (Wildman–Crippen MR) is 108 cm³/mol. The Labute approximate surface area is 158 Å². The van der Waals surface area contributed by atoms with Crippen LogP contribution in [-0.4, -0.2) is 27.1 Å². The second-order valence-corrected chi connectivity index (χ2v) is 7.13. The van der Waals surface area contributed by atoms with E-state index < -0.39 is 5.97 Å². The second-order valence-electron chi connectivity index (χ2n) is 7.13. The first-order chi connectivity index (χ1) is 13.2. The van der Waals surface area contributed by atoms with E-state index in [4.69, 9.17) is 5.11 Å². The van der Waals surface area contributed by atoms with Gasteiger partial charge in [0.15, 0.2) is 0 Å². The molecule has 4 rings (SSSR count). The fourth-order valence-electron chi connectivity index (χ4n) is 3.65. The van der Waals surface area contributed by atoms with Crippen molar-refractivity contribution in [2.75, 3.05) is 5.32 Å². The van der Waals surface area contributed by atoms with Gasteiger partial charge in [0.1, 0.15) is 5.82 Å². The third-order valence-electron chi connectivity index (χ3n) is 5.03. The quantitative estimate of drug-likeness (QED) is 0.561. The van der Waals surface area contributed by atoms with Crippen LogP contribution in [0.4, 0.5) is 5.69 Å². The maximum Gasteiger partial charge on any atom is 0.328 e. The third kappa shape index (κ3) is 4.37. The molecule has 0 saturated heterocycles. The average Bonchev–Trinajstić information content (AvgIpc) is 3.30. The molecule has 27 heavy (non-hydrogen) atoms. The van der Waals surface area contributed by atoms with Crippen molar-refractivity contribution in [3.05, 3.63) is 65.5 Å². The number of imidazole rings is 1. The van der Waals surface area contributed by atoms with Gasteiger partial charge in [-0.3, -0.25) is 0 Å². The Balaban J connectivity index is 1.46. The molecule has 0 spiro atoms. The maximum atomic E-state index is 10.6. The number of aromatic nitrogens is 2. The second kappa shape index (κ2) is 7.66. The number of rotatable bonds is 6. The lowest BCUT2D eigenvalue weighted by Gasteiger charge is -2.13. The molecule has 3 aromatic rings. The summed E-state index contributed by atoms with van der Waals surface area (Å²) in [5.41, 5.74) is 5.18. The highest BCUT2D eigenvalue weighted by Gasteiger charge is 2.14. The molecule has 1 aromatic heterocycles. The molecule has 2 aromatic carbocycles. The Bertz CT molecular complexity index is 967. The first kappa shape index (κ1) is 17.3. The molecule has 0 unspecified atom stereocenters. The largest absolute Gasteiger partial charge is 0.478 e. The van der Waals surface area contributed by atoms with E-state index in [9.17, 15) is 4.79 Å². The van der Waals surface area contributed by atoms with Crippen molar-refractivity contribution in [1.29, 1.82) is 0 Å². The van der Waals surface area contributed by atoms with Crippen LogP contribution in [0.1, 0.15) is 42.6 Å². The molecular formula is C22H23N3O2. The summed E-state index contributed by atoms with van der Waals surface area (Å²) in [7, 11) is 0. The zero-order valence-electron chi connectivity index (χ0n) is 15.1. The minimum atomic E-state index is -0.942. The van der Waals surface area contributed by atoms with Gasteiger partial charge in [0, 0.05) is 24.2 Å². The summed E-state index contributed by atoms with van der Waals surface area (Å²) in [6, 6.07) is 14.7. The van der Waals surface area contributed by atoms with E-state index >= 15 is 0 Å². The normalized spacial score (nSPS) is 15.0. The van der Waals surface area contributed by atoms with Crippen LogP contribution in [0.5, 0.6) is 0 Å². The van der Waals surface area contributed by atoms with Crippen LogP contribution in [0, 0.1) is 0 Å². The van der Waals surface area contributed by atoms with E-state index in [1.54, 1.807) is 6.08 Å². The summed E-state index contributed by atoms with van der Waals surface area (Å²) >= 11 is 0. The lowest BCUT2D eigenvalue weighted by atomic mass is 10.1. The molecule has 138 valence electrons. The van der Waals surface area contributed by atoms with Gasteiger partial charge >= 0.3 is 5.97 Å². The van der Waals surface area contributed by atoms with E-state index in [0.717, 1.165) is 39.7 Å². The number of carbonyl (C=O) groups is 1. The Hall–Kier alpha value is -3.08. The van der Waals surface area contributed by atoms with Crippen molar-refractivity contribution in [3.63, 3.8) is 0 Å². The van der Waals surface area contributed by atoms with Crippen LogP contribution in [0.25, 0.3) is 17.1 Å². The van der Waals surface area contributed by atoms with Gasteiger partial charge in [0.05, 0.1) is 11.0 Å². The molecular weight excluding hydrogens is 338 g/mol. The zero-order chi connectivity index (χ0) is 18.6. The van der Waals surface area contributed by atoms with Crippen molar-refractivity contribution in [2.45, 2.75) is 38.1 Å². The van der Waals surface area contributed by atoms with Gasteiger partial charge < -0.3 is 15.4 Å². The highest BCUT2D eigenvalue weighted by molar-refractivity contribution is 5.85. The Kier molecular flexibility index (Phi) is 4.92. The highest BCUT2D eigenvalue weighted by atomic mass is 16.4. The van der Waals surface area contributed by atoms with E-state index in [1.807, 2.05) is 24.3 Å². The minimum absolute atomic E-state index is 0.596. The van der Waals surface area contributed by atoms with E-state index in [2.05, 4.69) is 33.5 Å². The van der Waals surface area contributed by atoms with Crippen molar-refractivity contribution >= 4 is 28.8 Å². The number of nitrogens with one attached hydrogen (secondary N) is 2. The van der Waals surface area contributed by atoms with Gasteiger partial charge in [0.25, 0.3) is 0 Å². The number of nitrogens with zero attached hydrogens (tertiary/aromatic N) is 1. The van der Waals surface area contributed by atoms with Gasteiger partial charge in [-0.25, -0.2) is 9.78 Å². The number of hydrogen-bond acceptors (Lipinski definition) is 3. The summed E-state index contributed by atoms with van der Waals surface area (Å²) in [5, 5.41) is 12.3. The fourth-order valence-corrected chi connectivity index (χ4v) is 3.65. The Morgan fingerprint density at radius 1 is 1.19 bits per heavy atom. The van der Waals surface area contributed by atoms with Crippen LogP contribution < -0.4 is 5.32 Å². The number of hydrogen-bond donors (Lipinski definition) is 3. The number of carboxylic acids is 1. The summed E-state index contributed by atoms with van der Waals surface area (Å²) < 4.78 is 0. The molecule has 0 bridgehead atoms. The van der Waals surface area contributed by atoms with Gasteiger partial charge in [0.2, 0.25) is 0 Å². The molecule has 5 nitrogen and oxygen atoms in total. The lowest BCUT2D eigenvalue weighted by Crippen LogP contribution is -2.14. The molecule has 1 aliphatic rings. The predicted octanol–water partition coefficient (Wildman–Crippen LogP) is 4.61. The number of H-pyrrole nitrogens is 1. The number of carboxylic acid groups (broad SMARTS) is 1. The van der Waals surface area contributed by atoms with Crippen molar-refractivity contribution in [1.82, 2.24) is 9.97 Å². The molecule has 1 heterocycles. The molecule has 0 aliphatic heterocycles. The first-order valence-corrected chi connectivity index (χ1v) is 9.41. The molecule has 5 heteroatoms. The maximum absolute atomic E-state index is 10.6. The van der Waals surface area contributed by atoms with Crippen LogP contribution in [0.3, 0.4) is 0 Å². The van der Waals surface area contributed by atoms with Crippen molar-refractivity contribution < 1.29 is 9.90 Å². The number of benzene rings is 2. The molecule has 3 N–H and O–H groups in total. The summed E-state index contributed by atoms with van der Waals surface area (Å²) in [5.74, 6) is -0.0139. The lowest BCUT2D eigenvalue weighted by molar-refractivity contribution is -0.131. The minimum Gasteiger partial charge on any atom is -0.478 e. The summed E-state index contributed by atoms with van der Waals surface area (Å²) in [6.45, 7) is 0. The fraction of sp³-hybridized carbons (Fsp3) is 0.273. The Morgan fingerprint density at radius 3 is 2.70 bits per heavy atom. The molecule has 0 amide bonds. The van der Waals surface area contributed by atoms with Gasteiger partial charge in [-0.05, 0) is 48.2 Å². The summed E-state index contributed by atoms with van der Waals surface area (Å²) in [6.07, 6.45) is 8.59. The van der Waals surface area contributed by atoms with Crippen LogP contribution in [-0.2, 0) is 11.2 Å². The molecule has 1 aliphatic carbocycles. The molecule has 1 saturated carbocycles.